The van der Waals surface area contributed by atoms with Gasteiger partial charge in [0.25, 0.3) is 0 Å². The Balaban J connectivity index is 1.09. The molecule has 50 heavy (non-hydrogen) atoms. The van der Waals surface area contributed by atoms with Crippen LogP contribution in [0.3, 0.4) is 0 Å². The van der Waals surface area contributed by atoms with E-state index in [4.69, 9.17) is 0 Å². The Morgan fingerprint density at radius 2 is 1.02 bits per heavy atom. The van der Waals surface area contributed by atoms with Gasteiger partial charge in [0.05, 0.1) is 50.1 Å². The van der Waals surface area contributed by atoms with Gasteiger partial charge in [0.2, 0.25) is 11.8 Å². The second-order valence-electron chi connectivity index (χ2n) is 12.6. The van der Waals surface area contributed by atoms with Crippen molar-refractivity contribution in [2.24, 2.45) is 0 Å². The SMILES string of the molecule is COC(=O)N[C@H](C)C(=O)N1CCC[C@H]1c1ncc(-c2ccc(-c3ccc(-c4cnc([C@@H]5CCCN5C(=O)[C@@H](C)NC(=O)OC)[nH]4)cc3)cc2)[nH]1. The Morgan fingerprint density at radius 1 is 0.660 bits per heavy atom. The summed E-state index contributed by atoms with van der Waals surface area (Å²) in [6.07, 6.45) is 5.56. The second kappa shape index (κ2) is 14.8. The molecule has 4 amide bonds. The van der Waals surface area contributed by atoms with Crippen molar-refractivity contribution in [1.29, 1.82) is 0 Å². The number of nitrogens with zero attached hydrogens (tertiary/aromatic N) is 4. The number of aromatic amines is 2. The van der Waals surface area contributed by atoms with Gasteiger partial charge in [0, 0.05) is 13.1 Å². The van der Waals surface area contributed by atoms with Crippen molar-refractivity contribution in [2.45, 2.75) is 63.7 Å². The lowest BCUT2D eigenvalue weighted by Crippen LogP contribution is -2.46. The summed E-state index contributed by atoms with van der Waals surface area (Å²) in [4.78, 5) is 68.9. The zero-order chi connectivity index (χ0) is 35.4. The van der Waals surface area contributed by atoms with Crippen molar-refractivity contribution in [3.63, 3.8) is 0 Å². The Bertz CT molecular complexity index is 1700. The van der Waals surface area contributed by atoms with E-state index in [0.29, 0.717) is 13.1 Å². The van der Waals surface area contributed by atoms with Crippen LogP contribution < -0.4 is 10.6 Å². The third kappa shape index (κ3) is 7.19. The molecular weight excluding hydrogens is 640 g/mol. The number of carbonyl (C=O) groups is 4. The highest BCUT2D eigenvalue weighted by Gasteiger charge is 2.36. The molecule has 262 valence electrons. The highest BCUT2D eigenvalue weighted by Crippen LogP contribution is 2.34. The predicted molar refractivity (Wildman–Crippen MR) is 184 cm³/mol. The first-order valence-electron chi connectivity index (χ1n) is 16.8. The van der Waals surface area contributed by atoms with Gasteiger partial charge in [-0.3, -0.25) is 9.59 Å². The van der Waals surface area contributed by atoms with Crippen LogP contribution in [0.15, 0.2) is 60.9 Å². The van der Waals surface area contributed by atoms with Crippen molar-refractivity contribution < 1.29 is 28.7 Å². The quantitative estimate of drug-likeness (QED) is 0.192. The molecule has 0 saturated carbocycles. The minimum absolute atomic E-state index is 0.173. The van der Waals surface area contributed by atoms with Crippen molar-refractivity contribution in [2.75, 3.05) is 27.3 Å². The summed E-state index contributed by atoms with van der Waals surface area (Å²) in [5.74, 6) is 1.09. The smallest absolute Gasteiger partial charge is 0.407 e. The Labute approximate surface area is 290 Å². The standard InChI is InChI=1S/C36H42N8O6/c1-21(39-35(47)49-3)33(45)43-17-5-7-29(43)31-37-19-27(41-31)25-13-9-23(10-14-25)24-11-15-26(16-12-24)28-20-38-32(42-28)30-8-6-18-44(30)34(46)22(2)40-36(48)50-4/h9-16,19-22,29-30H,5-8,17-18H2,1-4H3,(H,37,41)(H,38,42)(H,39,47)(H,40,48)/t21-,22-,29+,30+/m1/s1. The number of hydrogen-bond donors (Lipinski definition) is 4. The van der Waals surface area contributed by atoms with Gasteiger partial charge in [-0.15, -0.1) is 0 Å². The maximum atomic E-state index is 13.1. The van der Waals surface area contributed by atoms with Crippen LogP contribution in [-0.2, 0) is 19.1 Å². The van der Waals surface area contributed by atoms with Gasteiger partial charge in [-0.2, -0.15) is 0 Å². The molecule has 2 aliphatic heterocycles. The number of H-pyrrole nitrogens is 2. The number of methoxy groups -OCH3 is 2. The minimum Gasteiger partial charge on any atom is -0.453 e. The second-order valence-corrected chi connectivity index (χ2v) is 12.6. The number of likely N-dealkylation sites (tertiary alicyclic amines) is 2. The summed E-state index contributed by atoms with van der Waals surface area (Å²) in [5, 5.41) is 5.10. The minimum atomic E-state index is -0.704. The summed E-state index contributed by atoms with van der Waals surface area (Å²) >= 11 is 0. The largest absolute Gasteiger partial charge is 0.453 e. The van der Waals surface area contributed by atoms with Crippen LogP contribution in [0.2, 0.25) is 0 Å². The van der Waals surface area contributed by atoms with E-state index < -0.39 is 24.3 Å². The number of amides is 4. The van der Waals surface area contributed by atoms with E-state index in [1.54, 1.807) is 36.0 Å². The first-order valence-corrected chi connectivity index (χ1v) is 16.8. The van der Waals surface area contributed by atoms with Crippen LogP contribution in [0.1, 0.15) is 63.3 Å². The van der Waals surface area contributed by atoms with Gasteiger partial charge in [0.1, 0.15) is 23.7 Å². The van der Waals surface area contributed by atoms with Crippen molar-refractivity contribution in [3.05, 3.63) is 72.6 Å². The van der Waals surface area contributed by atoms with Crippen LogP contribution in [0.25, 0.3) is 33.6 Å². The van der Waals surface area contributed by atoms with Gasteiger partial charge in [-0.25, -0.2) is 19.6 Å². The van der Waals surface area contributed by atoms with E-state index in [9.17, 15) is 19.2 Å². The molecule has 0 unspecified atom stereocenters. The molecule has 4 atom stereocenters. The molecule has 0 spiro atoms. The molecule has 14 heteroatoms. The fourth-order valence-corrected chi connectivity index (χ4v) is 6.71. The summed E-state index contributed by atoms with van der Waals surface area (Å²) in [7, 11) is 2.54. The number of ether oxygens (including phenoxy) is 2. The van der Waals surface area contributed by atoms with Gasteiger partial charge >= 0.3 is 12.2 Å². The molecule has 4 aromatic rings. The molecule has 6 rings (SSSR count). The zero-order valence-electron chi connectivity index (χ0n) is 28.6. The monoisotopic (exact) mass is 682 g/mol. The van der Waals surface area contributed by atoms with Crippen LogP contribution in [0.5, 0.6) is 0 Å². The lowest BCUT2D eigenvalue weighted by atomic mass is 10.0. The van der Waals surface area contributed by atoms with E-state index in [0.717, 1.165) is 71.0 Å². The molecule has 4 heterocycles. The topological polar surface area (TPSA) is 175 Å². The van der Waals surface area contributed by atoms with Gasteiger partial charge in [-0.05, 0) is 61.8 Å². The lowest BCUT2D eigenvalue weighted by Gasteiger charge is -2.26. The van der Waals surface area contributed by atoms with Crippen molar-refractivity contribution >= 4 is 24.0 Å². The van der Waals surface area contributed by atoms with Crippen molar-refractivity contribution in [1.82, 2.24) is 40.4 Å². The molecule has 0 radical (unpaired) electrons. The van der Waals surface area contributed by atoms with E-state index >= 15 is 0 Å². The average Bonchev–Trinajstić information content (AvgIpc) is 3.97. The predicted octanol–water partition coefficient (Wildman–Crippen LogP) is 4.95. The number of aromatic nitrogens is 4. The number of nitrogens with one attached hydrogen (secondary N) is 4. The van der Waals surface area contributed by atoms with E-state index in [-0.39, 0.29) is 23.9 Å². The fraction of sp³-hybridized carbons (Fsp3) is 0.389. The lowest BCUT2D eigenvalue weighted by molar-refractivity contribution is -0.134. The Morgan fingerprint density at radius 3 is 1.38 bits per heavy atom. The summed E-state index contributed by atoms with van der Waals surface area (Å²) in [5.41, 5.74) is 5.77. The van der Waals surface area contributed by atoms with Crippen LogP contribution in [0.4, 0.5) is 9.59 Å². The molecule has 2 aromatic carbocycles. The summed E-state index contributed by atoms with van der Waals surface area (Å²) in [6.45, 7) is 4.49. The molecule has 14 nitrogen and oxygen atoms in total. The normalized spacial score (nSPS) is 18.4. The Kier molecular flexibility index (Phi) is 10.2. The van der Waals surface area contributed by atoms with Crippen LogP contribution in [-0.4, -0.2) is 93.1 Å². The van der Waals surface area contributed by atoms with E-state index in [2.05, 4.69) is 64.3 Å². The maximum Gasteiger partial charge on any atom is 0.407 e. The number of benzene rings is 2. The Hall–Kier alpha value is -5.66. The zero-order valence-corrected chi connectivity index (χ0v) is 28.6. The number of imidazole rings is 2. The number of rotatable bonds is 9. The third-order valence-corrected chi connectivity index (χ3v) is 9.40. The summed E-state index contributed by atoms with van der Waals surface area (Å²) in [6, 6.07) is 14.6. The number of carbonyl (C=O) groups excluding carboxylic acids is 4. The molecule has 0 bridgehead atoms. The third-order valence-electron chi connectivity index (χ3n) is 9.40. The fourth-order valence-electron chi connectivity index (χ4n) is 6.71. The number of hydrogen-bond acceptors (Lipinski definition) is 8. The maximum absolute atomic E-state index is 13.1. The van der Waals surface area contributed by atoms with Gasteiger partial charge in [0.15, 0.2) is 0 Å². The van der Waals surface area contributed by atoms with Crippen molar-refractivity contribution in [3.8, 4) is 33.6 Å². The van der Waals surface area contributed by atoms with Gasteiger partial charge in [-0.1, -0.05) is 48.5 Å². The first-order chi connectivity index (χ1) is 24.2. The molecule has 0 aliphatic carbocycles. The summed E-state index contributed by atoms with van der Waals surface area (Å²) < 4.78 is 9.27. The molecule has 2 saturated heterocycles. The van der Waals surface area contributed by atoms with E-state index in [1.165, 1.54) is 14.2 Å². The molecule has 2 fully saturated rings. The highest BCUT2D eigenvalue weighted by molar-refractivity contribution is 5.86. The molecule has 4 N–H and O–H groups in total. The molecule has 2 aromatic heterocycles. The number of alkyl carbamates (subject to hydrolysis) is 2. The van der Waals surface area contributed by atoms with Crippen LogP contribution >= 0.6 is 0 Å². The van der Waals surface area contributed by atoms with E-state index in [1.807, 2.05) is 24.3 Å². The highest BCUT2D eigenvalue weighted by atomic mass is 16.5. The average molecular weight is 683 g/mol. The molecule has 2 aliphatic rings. The first kappa shape index (κ1) is 34.2. The van der Waals surface area contributed by atoms with Gasteiger partial charge < -0.3 is 39.9 Å². The van der Waals surface area contributed by atoms with Crippen LogP contribution in [0, 0.1) is 0 Å². The molecular formula is C36H42N8O6.